The number of anilines is 2. The van der Waals surface area contributed by atoms with Crippen LogP contribution in [-0.4, -0.2) is 22.1 Å². The van der Waals surface area contributed by atoms with Gasteiger partial charge in [-0.15, -0.1) is 11.3 Å². The highest BCUT2D eigenvalue weighted by atomic mass is 32.1. The summed E-state index contributed by atoms with van der Waals surface area (Å²) < 4.78 is 5.45. The Bertz CT molecular complexity index is 923. The number of thiazole rings is 1. The van der Waals surface area contributed by atoms with Crippen LogP contribution in [0.4, 0.5) is 15.6 Å². The van der Waals surface area contributed by atoms with Gasteiger partial charge >= 0.3 is 6.09 Å². The Morgan fingerprint density at radius 1 is 1.07 bits per heavy atom. The van der Waals surface area contributed by atoms with Crippen LogP contribution in [0.5, 0.6) is 5.75 Å². The third kappa shape index (κ3) is 4.86. The predicted octanol–water partition coefficient (Wildman–Crippen LogP) is 5.37. The van der Waals surface area contributed by atoms with Crippen LogP contribution in [0.25, 0.3) is 11.4 Å². The second kappa shape index (κ2) is 8.84. The largest absolute Gasteiger partial charge is 0.412 e. The average molecular weight is 395 g/mol. The van der Waals surface area contributed by atoms with Gasteiger partial charge in [0.2, 0.25) is 0 Å². The van der Waals surface area contributed by atoms with Crippen molar-refractivity contribution in [2.24, 2.45) is 0 Å². The first-order valence-corrected chi connectivity index (χ1v) is 10.4. The lowest BCUT2D eigenvalue weighted by Gasteiger charge is -2.22. The fraction of sp³-hybridized carbons (Fsp3) is 0.286. The molecule has 0 saturated heterocycles. The fourth-order valence-corrected chi connectivity index (χ4v) is 4.00. The van der Waals surface area contributed by atoms with E-state index in [1.165, 1.54) is 30.6 Å². The van der Waals surface area contributed by atoms with E-state index < -0.39 is 6.09 Å². The number of ether oxygens (including phenoxy) is 1. The molecular weight excluding hydrogens is 372 g/mol. The van der Waals surface area contributed by atoms with Gasteiger partial charge in [0.05, 0.1) is 5.69 Å². The van der Waals surface area contributed by atoms with Crippen LogP contribution >= 0.6 is 11.3 Å². The smallest absolute Gasteiger partial charge is 0.410 e. The summed E-state index contributed by atoms with van der Waals surface area (Å²) in [6, 6.07) is 13.3. The summed E-state index contributed by atoms with van der Waals surface area (Å²) in [5, 5.41) is 8.93. The number of hydrogen-bond donors (Lipinski definition) is 2. The van der Waals surface area contributed by atoms with Crippen molar-refractivity contribution in [3.05, 3.63) is 54.0 Å². The highest BCUT2D eigenvalue weighted by molar-refractivity contribution is 7.14. The molecule has 0 unspecified atom stereocenters. The molecule has 1 saturated carbocycles. The van der Waals surface area contributed by atoms with E-state index in [9.17, 15) is 4.79 Å². The number of benzene rings is 1. The summed E-state index contributed by atoms with van der Waals surface area (Å²) in [5.41, 5.74) is 2.47. The maximum Gasteiger partial charge on any atom is 0.412 e. The van der Waals surface area contributed by atoms with Crippen molar-refractivity contribution in [1.29, 1.82) is 0 Å². The number of carbonyl (C=O) groups is 1. The fourth-order valence-electron chi connectivity index (χ4n) is 3.27. The molecule has 1 fully saturated rings. The van der Waals surface area contributed by atoms with Crippen molar-refractivity contribution < 1.29 is 9.53 Å². The molecule has 0 bridgehead atoms. The lowest BCUT2D eigenvalue weighted by atomic mass is 9.96. The Balaban J connectivity index is 1.37. The molecule has 1 amide bonds. The van der Waals surface area contributed by atoms with E-state index in [4.69, 9.17) is 4.74 Å². The molecule has 4 rings (SSSR count). The van der Waals surface area contributed by atoms with Crippen LogP contribution in [-0.2, 0) is 0 Å². The number of pyridine rings is 1. The maximum atomic E-state index is 12.1. The van der Waals surface area contributed by atoms with Crippen LogP contribution in [0, 0.1) is 0 Å². The molecule has 2 N–H and O–H groups in total. The van der Waals surface area contributed by atoms with Crippen LogP contribution in [0.2, 0.25) is 0 Å². The minimum absolute atomic E-state index is 0.225. The maximum absolute atomic E-state index is 12.1. The molecule has 2 heterocycles. The molecule has 2 aromatic heterocycles. The van der Waals surface area contributed by atoms with E-state index in [0.29, 0.717) is 5.75 Å². The number of carbonyl (C=O) groups excluding carboxylic acids is 1. The molecule has 1 aliphatic rings. The Morgan fingerprint density at radius 3 is 2.79 bits per heavy atom. The molecule has 1 aromatic carbocycles. The van der Waals surface area contributed by atoms with E-state index in [-0.39, 0.29) is 6.04 Å². The lowest BCUT2D eigenvalue weighted by molar-refractivity contribution is 0.192. The number of hydrogen-bond acceptors (Lipinski definition) is 6. The van der Waals surface area contributed by atoms with Gasteiger partial charge < -0.3 is 15.4 Å². The summed E-state index contributed by atoms with van der Waals surface area (Å²) in [4.78, 5) is 21.0. The van der Waals surface area contributed by atoms with Gasteiger partial charge in [-0.05, 0) is 37.1 Å². The number of aromatic nitrogens is 2. The first-order chi connectivity index (χ1) is 13.8. The second-order valence-electron chi connectivity index (χ2n) is 6.77. The lowest BCUT2D eigenvalue weighted by Crippen LogP contribution is -2.37. The number of nitrogens with zero attached hydrogens (tertiary/aromatic N) is 2. The highest BCUT2D eigenvalue weighted by Gasteiger charge is 2.16. The third-order valence-electron chi connectivity index (χ3n) is 4.65. The van der Waals surface area contributed by atoms with Crippen LogP contribution in [0.1, 0.15) is 32.1 Å². The Labute approximate surface area is 168 Å². The predicted molar refractivity (Wildman–Crippen MR) is 111 cm³/mol. The van der Waals surface area contributed by atoms with Gasteiger partial charge in [-0.1, -0.05) is 31.4 Å². The molecule has 144 valence electrons. The first-order valence-electron chi connectivity index (χ1n) is 9.49. The van der Waals surface area contributed by atoms with Gasteiger partial charge in [0, 0.05) is 29.4 Å². The van der Waals surface area contributed by atoms with Crippen molar-refractivity contribution in [3.8, 4) is 17.1 Å². The van der Waals surface area contributed by atoms with E-state index in [1.54, 1.807) is 18.3 Å². The minimum atomic E-state index is -0.393. The zero-order chi connectivity index (χ0) is 19.2. The molecule has 1 aliphatic carbocycles. The molecule has 28 heavy (non-hydrogen) atoms. The molecule has 6 nitrogen and oxygen atoms in total. The molecule has 0 radical (unpaired) electrons. The topological polar surface area (TPSA) is 76.1 Å². The number of amides is 1. The number of nitrogens with one attached hydrogen (secondary N) is 2. The number of rotatable bonds is 5. The monoisotopic (exact) mass is 394 g/mol. The van der Waals surface area contributed by atoms with Crippen molar-refractivity contribution >= 4 is 28.2 Å². The Kier molecular flexibility index (Phi) is 5.82. The van der Waals surface area contributed by atoms with E-state index in [2.05, 4.69) is 20.6 Å². The molecule has 7 heteroatoms. The normalized spacial score (nSPS) is 14.4. The molecule has 0 atom stereocenters. The van der Waals surface area contributed by atoms with E-state index >= 15 is 0 Å². The zero-order valence-corrected chi connectivity index (χ0v) is 16.2. The SMILES string of the molecule is O=C(NC1CCCCC1)Oc1cccc(Nc2nc(-c3ccccn3)cs2)c1. The van der Waals surface area contributed by atoms with Crippen molar-refractivity contribution in [2.75, 3.05) is 5.32 Å². The van der Waals surface area contributed by atoms with Gasteiger partial charge in [-0.2, -0.15) is 0 Å². The van der Waals surface area contributed by atoms with Crippen molar-refractivity contribution in [3.63, 3.8) is 0 Å². The summed E-state index contributed by atoms with van der Waals surface area (Å²) in [5.74, 6) is 0.500. The quantitative estimate of drug-likeness (QED) is 0.608. The molecule has 3 aromatic rings. The summed E-state index contributed by atoms with van der Waals surface area (Å²) >= 11 is 1.50. The van der Waals surface area contributed by atoms with Gasteiger partial charge in [-0.25, -0.2) is 9.78 Å². The highest BCUT2D eigenvalue weighted by Crippen LogP contribution is 2.27. The van der Waals surface area contributed by atoms with Crippen LogP contribution in [0.15, 0.2) is 54.0 Å². The minimum Gasteiger partial charge on any atom is -0.410 e. The summed E-state index contributed by atoms with van der Waals surface area (Å²) in [6.07, 6.45) is 6.99. The average Bonchev–Trinajstić information content (AvgIpc) is 3.18. The van der Waals surface area contributed by atoms with Crippen LogP contribution in [0.3, 0.4) is 0 Å². The van der Waals surface area contributed by atoms with Crippen molar-refractivity contribution in [1.82, 2.24) is 15.3 Å². The van der Waals surface area contributed by atoms with E-state index in [1.807, 2.05) is 35.7 Å². The third-order valence-corrected chi connectivity index (χ3v) is 5.41. The van der Waals surface area contributed by atoms with E-state index in [0.717, 1.165) is 35.0 Å². The summed E-state index contributed by atoms with van der Waals surface area (Å²) in [6.45, 7) is 0. The standard InChI is InChI=1S/C21H22N4O2S/c26-21(24-15-7-2-1-3-8-15)27-17-10-6-9-16(13-17)23-20-25-19(14-28-20)18-11-4-5-12-22-18/h4-6,9-15H,1-3,7-8H2,(H,23,25)(H,24,26). The van der Waals surface area contributed by atoms with Gasteiger partial charge in [0.1, 0.15) is 11.4 Å². The Hall–Kier alpha value is -2.93. The first kappa shape index (κ1) is 18.4. The van der Waals surface area contributed by atoms with Gasteiger partial charge in [-0.3, -0.25) is 4.98 Å². The van der Waals surface area contributed by atoms with Gasteiger partial charge in [0.15, 0.2) is 5.13 Å². The van der Waals surface area contributed by atoms with Crippen LogP contribution < -0.4 is 15.4 Å². The molecule has 0 spiro atoms. The summed E-state index contributed by atoms with van der Waals surface area (Å²) in [7, 11) is 0. The molecule has 0 aliphatic heterocycles. The molecular formula is C21H22N4O2S. The van der Waals surface area contributed by atoms with Gasteiger partial charge in [0.25, 0.3) is 0 Å². The zero-order valence-electron chi connectivity index (χ0n) is 15.4. The Morgan fingerprint density at radius 2 is 1.96 bits per heavy atom. The van der Waals surface area contributed by atoms with Crippen molar-refractivity contribution in [2.45, 2.75) is 38.1 Å². The second-order valence-corrected chi connectivity index (χ2v) is 7.63.